The van der Waals surface area contributed by atoms with Crippen molar-refractivity contribution in [3.05, 3.63) is 72.5 Å². The number of sulfonamides is 1. The van der Waals surface area contributed by atoms with E-state index in [2.05, 4.69) is 10.0 Å². The fraction of sp³-hybridized carbons (Fsp3) is 0.0952. The first-order valence-electron chi connectivity index (χ1n) is 8.95. The molecule has 0 aliphatic carbocycles. The van der Waals surface area contributed by atoms with Gasteiger partial charge in [0.1, 0.15) is 17.3 Å². The normalized spacial score (nSPS) is 11.0. The first-order chi connectivity index (χ1) is 14.8. The summed E-state index contributed by atoms with van der Waals surface area (Å²) >= 11 is 1.17. The van der Waals surface area contributed by atoms with E-state index in [-0.39, 0.29) is 33.6 Å². The average molecular weight is 463 g/mol. The Morgan fingerprint density at radius 2 is 1.77 bits per heavy atom. The summed E-state index contributed by atoms with van der Waals surface area (Å²) in [6.45, 7) is 0. The van der Waals surface area contributed by atoms with Gasteiger partial charge < -0.3 is 15.2 Å². The maximum absolute atomic E-state index is 13.0. The van der Waals surface area contributed by atoms with Crippen LogP contribution in [0.5, 0.6) is 11.5 Å². The number of anilines is 2. The SMILES string of the molecule is COc1ccccc1NS(=O)(=O)c1ccc(O)c(NC(=O)CSc2ccc(F)cc2)c1. The minimum atomic E-state index is -4.01. The van der Waals surface area contributed by atoms with Crippen molar-refractivity contribution in [1.29, 1.82) is 0 Å². The Morgan fingerprint density at radius 3 is 2.48 bits per heavy atom. The van der Waals surface area contributed by atoms with Crippen LogP contribution < -0.4 is 14.8 Å². The van der Waals surface area contributed by atoms with Crippen LogP contribution in [0.15, 0.2) is 76.5 Å². The van der Waals surface area contributed by atoms with Gasteiger partial charge in [0.15, 0.2) is 0 Å². The summed E-state index contributed by atoms with van der Waals surface area (Å²) in [6.07, 6.45) is 0. The van der Waals surface area contributed by atoms with Crippen molar-refractivity contribution in [3.63, 3.8) is 0 Å². The first-order valence-corrected chi connectivity index (χ1v) is 11.4. The van der Waals surface area contributed by atoms with Crippen LogP contribution in [0.1, 0.15) is 0 Å². The molecule has 0 radical (unpaired) electrons. The van der Waals surface area contributed by atoms with Crippen molar-refractivity contribution >= 4 is 39.1 Å². The van der Waals surface area contributed by atoms with Crippen molar-refractivity contribution in [2.75, 3.05) is 22.9 Å². The zero-order chi connectivity index (χ0) is 22.4. The van der Waals surface area contributed by atoms with E-state index < -0.39 is 15.9 Å². The van der Waals surface area contributed by atoms with Gasteiger partial charge in [-0.2, -0.15) is 0 Å². The van der Waals surface area contributed by atoms with Crippen LogP contribution in [0, 0.1) is 5.82 Å². The van der Waals surface area contributed by atoms with E-state index in [1.54, 1.807) is 36.4 Å². The van der Waals surface area contributed by atoms with Crippen molar-refractivity contribution in [2.45, 2.75) is 9.79 Å². The van der Waals surface area contributed by atoms with E-state index in [9.17, 15) is 22.7 Å². The fourth-order valence-corrected chi connectivity index (χ4v) is 4.38. The van der Waals surface area contributed by atoms with Crippen LogP contribution in [0.25, 0.3) is 0 Å². The standard InChI is InChI=1S/C21H19FN2O5S2/c1-29-20-5-3-2-4-17(20)24-31(27,28)16-10-11-19(25)18(12-16)23-21(26)13-30-15-8-6-14(22)7-9-15/h2-12,24-25H,13H2,1H3,(H,23,26). The summed E-state index contributed by atoms with van der Waals surface area (Å²) in [5.41, 5.74) is 0.201. The van der Waals surface area contributed by atoms with E-state index in [1.807, 2.05) is 0 Å². The van der Waals surface area contributed by atoms with Gasteiger partial charge >= 0.3 is 0 Å². The Kier molecular flexibility index (Phi) is 7.03. The van der Waals surface area contributed by atoms with Gasteiger partial charge in [0.2, 0.25) is 5.91 Å². The third-order valence-electron chi connectivity index (χ3n) is 4.09. The molecule has 0 heterocycles. The van der Waals surface area contributed by atoms with E-state index in [0.717, 1.165) is 6.07 Å². The number of phenols is 1. The van der Waals surface area contributed by atoms with Crippen LogP contribution in [0.4, 0.5) is 15.8 Å². The number of amides is 1. The molecule has 3 aromatic rings. The van der Waals surface area contributed by atoms with Gasteiger partial charge in [-0.05, 0) is 54.6 Å². The fourth-order valence-electron chi connectivity index (χ4n) is 2.58. The molecule has 10 heteroatoms. The number of nitrogens with one attached hydrogen (secondary N) is 2. The summed E-state index contributed by atoms with van der Waals surface area (Å²) in [5, 5.41) is 12.5. The van der Waals surface area contributed by atoms with Gasteiger partial charge in [-0.15, -0.1) is 11.8 Å². The molecule has 0 spiro atoms. The summed E-state index contributed by atoms with van der Waals surface area (Å²) in [7, 11) is -2.59. The molecule has 0 saturated heterocycles. The van der Waals surface area contributed by atoms with Crippen LogP contribution in [-0.2, 0) is 14.8 Å². The lowest BCUT2D eigenvalue weighted by Gasteiger charge is -2.13. The summed E-state index contributed by atoms with van der Waals surface area (Å²) in [4.78, 5) is 12.8. The number of para-hydroxylation sites is 2. The minimum absolute atomic E-state index is 0.0124. The predicted octanol–water partition coefficient (Wildman–Crippen LogP) is 4.07. The van der Waals surface area contributed by atoms with Gasteiger partial charge in [-0.3, -0.25) is 9.52 Å². The zero-order valence-corrected chi connectivity index (χ0v) is 18.0. The van der Waals surface area contributed by atoms with Crippen LogP contribution >= 0.6 is 11.8 Å². The Bertz CT molecular complexity index is 1180. The molecule has 0 aromatic heterocycles. The number of phenolic OH excluding ortho intramolecular Hbond substituents is 1. The molecule has 162 valence electrons. The maximum Gasteiger partial charge on any atom is 0.262 e. The Labute approximate surface area is 183 Å². The molecule has 7 nitrogen and oxygen atoms in total. The Morgan fingerprint density at radius 1 is 1.06 bits per heavy atom. The lowest BCUT2D eigenvalue weighted by Crippen LogP contribution is -2.16. The highest BCUT2D eigenvalue weighted by atomic mass is 32.2. The highest BCUT2D eigenvalue weighted by Gasteiger charge is 2.19. The van der Waals surface area contributed by atoms with Crippen molar-refractivity contribution in [2.24, 2.45) is 0 Å². The lowest BCUT2D eigenvalue weighted by atomic mass is 10.3. The topological polar surface area (TPSA) is 105 Å². The predicted molar refractivity (Wildman–Crippen MR) is 118 cm³/mol. The largest absolute Gasteiger partial charge is 0.506 e. The molecular formula is C21H19FN2O5S2. The molecule has 3 rings (SSSR count). The number of ether oxygens (including phenoxy) is 1. The second-order valence-electron chi connectivity index (χ2n) is 6.28. The van der Waals surface area contributed by atoms with Gasteiger partial charge in [-0.1, -0.05) is 12.1 Å². The third-order valence-corrected chi connectivity index (χ3v) is 6.46. The number of hydrogen-bond acceptors (Lipinski definition) is 6. The van der Waals surface area contributed by atoms with Crippen LogP contribution in [-0.4, -0.2) is 32.3 Å². The van der Waals surface area contributed by atoms with E-state index in [0.29, 0.717) is 10.6 Å². The zero-order valence-electron chi connectivity index (χ0n) is 16.3. The van der Waals surface area contributed by atoms with Crippen LogP contribution in [0.3, 0.4) is 0 Å². The molecule has 1 amide bonds. The minimum Gasteiger partial charge on any atom is -0.506 e. The van der Waals surface area contributed by atoms with Gasteiger partial charge in [0.25, 0.3) is 10.0 Å². The van der Waals surface area contributed by atoms with E-state index in [1.165, 1.54) is 43.1 Å². The Hall–Kier alpha value is -3.24. The number of benzene rings is 3. The van der Waals surface area contributed by atoms with E-state index >= 15 is 0 Å². The number of hydrogen-bond donors (Lipinski definition) is 3. The molecule has 31 heavy (non-hydrogen) atoms. The summed E-state index contributed by atoms with van der Waals surface area (Å²) < 4.78 is 46.0. The number of halogens is 1. The number of rotatable bonds is 8. The Balaban J connectivity index is 1.73. The average Bonchev–Trinajstić information content (AvgIpc) is 2.75. The molecule has 0 bridgehead atoms. The van der Waals surface area contributed by atoms with Gasteiger partial charge in [0, 0.05) is 4.90 Å². The second kappa shape index (κ2) is 9.71. The highest BCUT2D eigenvalue weighted by molar-refractivity contribution is 8.00. The van der Waals surface area contributed by atoms with Crippen molar-refractivity contribution in [1.82, 2.24) is 0 Å². The highest BCUT2D eigenvalue weighted by Crippen LogP contribution is 2.30. The molecule has 0 saturated carbocycles. The van der Waals surface area contributed by atoms with Gasteiger partial charge in [0.05, 0.1) is 29.1 Å². The summed E-state index contributed by atoms with van der Waals surface area (Å²) in [5.74, 6) is -0.787. The molecule has 0 aliphatic heterocycles. The molecule has 3 aromatic carbocycles. The monoisotopic (exact) mass is 462 g/mol. The molecule has 0 aliphatic rings. The molecular weight excluding hydrogens is 443 g/mol. The summed E-state index contributed by atoms with van der Waals surface area (Å²) in [6, 6.07) is 15.7. The van der Waals surface area contributed by atoms with Crippen molar-refractivity contribution < 1.29 is 27.4 Å². The number of thioether (sulfide) groups is 1. The molecule has 0 atom stereocenters. The number of aromatic hydroxyl groups is 1. The molecule has 3 N–H and O–H groups in total. The van der Waals surface area contributed by atoms with Gasteiger partial charge in [-0.25, -0.2) is 12.8 Å². The maximum atomic E-state index is 13.0. The number of methoxy groups -OCH3 is 1. The first kappa shape index (κ1) is 22.4. The van der Waals surface area contributed by atoms with Crippen LogP contribution in [0.2, 0.25) is 0 Å². The number of carbonyl (C=O) groups is 1. The number of carbonyl (C=O) groups excluding carboxylic acids is 1. The molecule has 0 unspecified atom stereocenters. The quantitative estimate of drug-likeness (QED) is 0.344. The smallest absolute Gasteiger partial charge is 0.262 e. The van der Waals surface area contributed by atoms with Crippen molar-refractivity contribution in [3.8, 4) is 11.5 Å². The second-order valence-corrected chi connectivity index (χ2v) is 9.01. The molecule has 0 fully saturated rings. The van der Waals surface area contributed by atoms with E-state index in [4.69, 9.17) is 4.74 Å². The third kappa shape index (κ3) is 5.89. The lowest BCUT2D eigenvalue weighted by molar-refractivity contribution is -0.113.